The Morgan fingerprint density at radius 3 is 3.00 bits per heavy atom. The van der Waals surface area contributed by atoms with E-state index in [4.69, 9.17) is 0 Å². The van der Waals surface area contributed by atoms with Crippen LogP contribution in [0.25, 0.3) is 0 Å². The highest BCUT2D eigenvalue weighted by molar-refractivity contribution is 5.75. The van der Waals surface area contributed by atoms with Crippen LogP contribution >= 0.6 is 0 Å². The van der Waals surface area contributed by atoms with Gasteiger partial charge in [0.25, 0.3) is 0 Å². The second kappa shape index (κ2) is 3.69. The van der Waals surface area contributed by atoms with Crippen LogP contribution in [-0.4, -0.2) is 30.1 Å². The van der Waals surface area contributed by atoms with Gasteiger partial charge in [-0.3, -0.25) is 4.79 Å². The summed E-state index contributed by atoms with van der Waals surface area (Å²) in [7, 11) is 0. The van der Waals surface area contributed by atoms with Gasteiger partial charge in [0.15, 0.2) is 0 Å². The zero-order chi connectivity index (χ0) is 8.27. The van der Waals surface area contributed by atoms with Crippen molar-refractivity contribution in [1.29, 1.82) is 0 Å². The molecule has 1 saturated heterocycles. The van der Waals surface area contributed by atoms with Crippen molar-refractivity contribution in [3.8, 4) is 0 Å². The molecule has 0 aliphatic carbocycles. The van der Waals surface area contributed by atoms with Gasteiger partial charge in [0.2, 0.25) is 5.91 Å². The van der Waals surface area contributed by atoms with Crippen LogP contribution in [0.4, 0.5) is 4.39 Å². The maximum atomic E-state index is 12.7. The summed E-state index contributed by atoms with van der Waals surface area (Å²) in [6.07, 6.45) is 1.13. The van der Waals surface area contributed by atoms with Gasteiger partial charge < -0.3 is 4.90 Å². The van der Waals surface area contributed by atoms with Crippen LogP contribution in [0.1, 0.15) is 26.2 Å². The second-order valence-corrected chi connectivity index (χ2v) is 2.93. The Balaban J connectivity index is 2.39. The fourth-order valence-corrected chi connectivity index (χ4v) is 1.38. The largest absolute Gasteiger partial charge is 0.340 e. The number of hydrogen-bond donors (Lipinski definition) is 0. The number of likely N-dealkylation sites (tertiary alicyclic amines) is 1. The molecular weight excluding hydrogens is 145 g/mol. The summed E-state index contributed by atoms with van der Waals surface area (Å²) in [4.78, 5) is 12.7. The monoisotopic (exact) mass is 159 g/mol. The summed E-state index contributed by atoms with van der Waals surface area (Å²) in [5.41, 5.74) is 0. The smallest absolute Gasteiger partial charge is 0.222 e. The molecule has 3 heteroatoms. The Hall–Kier alpha value is -0.600. The second-order valence-electron chi connectivity index (χ2n) is 2.93. The van der Waals surface area contributed by atoms with Crippen LogP contribution in [0.5, 0.6) is 0 Å². The van der Waals surface area contributed by atoms with E-state index in [0.717, 1.165) is 13.0 Å². The molecule has 1 aliphatic heterocycles. The third-order valence-corrected chi connectivity index (χ3v) is 2.02. The number of amides is 1. The SMILES string of the molecule is CCC(=O)N1CCC[C@H](F)C1. The van der Waals surface area contributed by atoms with E-state index >= 15 is 0 Å². The van der Waals surface area contributed by atoms with Crippen molar-refractivity contribution < 1.29 is 9.18 Å². The zero-order valence-corrected chi connectivity index (χ0v) is 6.85. The molecule has 0 N–H and O–H groups in total. The average molecular weight is 159 g/mol. The predicted octanol–water partition coefficient (Wildman–Crippen LogP) is 1.36. The van der Waals surface area contributed by atoms with E-state index in [0.29, 0.717) is 19.4 Å². The number of rotatable bonds is 1. The Bertz CT molecular complexity index is 149. The standard InChI is InChI=1S/C8H14FNO/c1-2-8(11)10-5-3-4-7(9)6-10/h7H,2-6H2,1H3/t7-/m0/s1. The maximum absolute atomic E-state index is 12.7. The van der Waals surface area contributed by atoms with Gasteiger partial charge >= 0.3 is 0 Å². The molecule has 1 atom stereocenters. The summed E-state index contributed by atoms with van der Waals surface area (Å²) in [6.45, 7) is 2.87. The molecule has 1 amide bonds. The molecule has 1 rings (SSSR count). The van der Waals surface area contributed by atoms with Crippen LogP contribution in [0.15, 0.2) is 0 Å². The number of nitrogens with zero attached hydrogens (tertiary/aromatic N) is 1. The molecular formula is C8H14FNO. The van der Waals surface area contributed by atoms with E-state index in [1.807, 2.05) is 6.92 Å². The Morgan fingerprint density at radius 2 is 2.45 bits per heavy atom. The van der Waals surface area contributed by atoms with Crippen molar-refractivity contribution in [1.82, 2.24) is 4.90 Å². The van der Waals surface area contributed by atoms with Gasteiger partial charge in [0, 0.05) is 13.0 Å². The van der Waals surface area contributed by atoms with Crippen LogP contribution in [-0.2, 0) is 4.79 Å². The first-order valence-electron chi connectivity index (χ1n) is 4.16. The van der Waals surface area contributed by atoms with E-state index in [2.05, 4.69) is 0 Å². The van der Waals surface area contributed by atoms with Gasteiger partial charge in [-0.15, -0.1) is 0 Å². The zero-order valence-electron chi connectivity index (χ0n) is 6.85. The number of halogens is 1. The van der Waals surface area contributed by atoms with E-state index in [1.54, 1.807) is 4.90 Å². The average Bonchev–Trinajstić information content (AvgIpc) is 2.03. The molecule has 0 aromatic carbocycles. The minimum Gasteiger partial charge on any atom is -0.340 e. The van der Waals surface area contributed by atoms with Crippen molar-refractivity contribution in [2.75, 3.05) is 13.1 Å². The van der Waals surface area contributed by atoms with E-state index < -0.39 is 6.17 Å². The van der Waals surface area contributed by atoms with Crippen LogP contribution < -0.4 is 0 Å². The molecule has 1 fully saturated rings. The molecule has 11 heavy (non-hydrogen) atoms. The predicted molar refractivity (Wildman–Crippen MR) is 41.0 cm³/mol. The van der Waals surface area contributed by atoms with Crippen LogP contribution in [0.3, 0.4) is 0 Å². The molecule has 0 spiro atoms. The van der Waals surface area contributed by atoms with Gasteiger partial charge in [-0.25, -0.2) is 4.39 Å². The molecule has 0 aromatic heterocycles. The van der Waals surface area contributed by atoms with E-state index in [9.17, 15) is 9.18 Å². The van der Waals surface area contributed by atoms with Crippen molar-refractivity contribution >= 4 is 5.91 Å². The third-order valence-electron chi connectivity index (χ3n) is 2.02. The number of carbonyl (C=O) groups is 1. The molecule has 0 unspecified atom stereocenters. The van der Waals surface area contributed by atoms with Crippen LogP contribution in [0.2, 0.25) is 0 Å². The molecule has 1 heterocycles. The van der Waals surface area contributed by atoms with Gasteiger partial charge in [0.05, 0.1) is 6.54 Å². The van der Waals surface area contributed by atoms with Gasteiger partial charge in [-0.2, -0.15) is 0 Å². The third kappa shape index (κ3) is 2.17. The number of hydrogen-bond acceptors (Lipinski definition) is 1. The van der Waals surface area contributed by atoms with Gasteiger partial charge in [-0.1, -0.05) is 6.92 Å². The highest BCUT2D eigenvalue weighted by Crippen LogP contribution is 2.13. The Labute approximate surface area is 66.4 Å². The van der Waals surface area contributed by atoms with E-state index in [-0.39, 0.29) is 5.91 Å². The molecule has 2 nitrogen and oxygen atoms in total. The maximum Gasteiger partial charge on any atom is 0.222 e. The van der Waals surface area contributed by atoms with Crippen molar-refractivity contribution in [3.63, 3.8) is 0 Å². The van der Waals surface area contributed by atoms with Gasteiger partial charge in [0.1, 0.15) is 6.17 Å². The summed E-state index contributed by atoms with van der Waals surface area (Å²) < 4.78 is 12.7. The molecule has 0 bridgehead atoms. The molecule has 0 radical (unpaired) electrons. The fraction of sp³-hybridized carbons (Fsp3) is 0.875. The highest BCUT2D eigenvalue weighted by Gasteiger charge is 2.21. The fourth-order valence-electron chi connectivity index (χ4n) is 1.38. The highest BCUT2D eigenvalue weighted by atomic mass is 19.1. The normalized spacial score (nSPS) is 25.3. The molecule has 0 aromatic rings. The lowest BCUT2D eigenvalue weighted by molar-refractivity contribution is -0.132. The molecule has 1 aliphatic rings. The number of carbonyl (C=O) groups excluding carboxylic acids is 1. The summed E-state index contributed by atoms with van der Waals surface area (Å²) in [6, 6.07) is 0. The Kier molecular flexibility index (Phi) is 2.85. The lowest BCUT2D eigenvalue weighted by Crippen LogP contribution is -2.40. The van der Waals surface area contributed by atoms with Crippen molar-refractivity contribution in [2.45, 2.75) is 32.4 Å². The topological polar surface area (TPSA) is 20.3 Å². The minimum atomic E-state index is -0.792. The first-order valence-corrected chi connectivity index (χ1v) is 4.16. The lowest BCUT2D eigenvalue weighted by Gasteiger charge is -2.28. The van der Waals surface area contributed by atoms with Gasteiger partial charge in [-0.05, 0) is 12.8 Å². The van der Waals surface area contributed by atoms with E-state index in [1.165, 1.54) is 0 Å². The quantitative estimate of drug-likeness (QED) is 0.565. The number of piperidine rings is 1. The van der Waals surface area contributed by atoms with Crippen molar-refractivity contribution in [3.05, 3.63) is 0 Å². The summed E-state index contributed by atoms with van der Waals surface area (Å²) >= 11 is 0. The van der Waals surface area contributed by atoms with Crippen molar-refractivity contribution in [2.24, 2.45) is 0 Å². The summed E-state index contributed by atoms with van der Waals surface area (Å²) in [5, 5.41) is 0. The minimum absolute atomic E-state index is 0.0763. The lowest BCUT2D eigenvalue weighted by atomic mass is 10.1. The van der Waals surface area contributed by atoms with Crippen LogP contribution in [0, 0.1) is 0 Å². The first kappa shape index (κ1) is 8.50. The molecule has 0 saturated carbocycles. The number of alkyl halides is 1. The molecule has 64 valence electrons. The Morgan fingerprint density at radius 1 is 1.73 bits per heavy atom. The first-order chi connectivity index (χ1) is 5.24. The summed E-state index contributed by atoms with van der Waals surface area (Å²) in [5.74, 6) is 0.0763.